The maximum Gasteiger partial charge on any atom is 0.171 e. The molecule has 1 aliphatic rings. The molecule has 1 aromatic carbocycles. The SMILES string of the molecule is N/C(=N/OCc1ccc(Cl)c(Cl)c1)c1ccc(N2CCCCC2)nc1. The highest BCUT2D eigenvalue weighted by molar-refractivity contribution is 6.42. The third-order valence-electron chi connectivity index (χ3n) is 4.10. The van der Waals surface area contributed by atoms with Crippen molar-refractivity contribution in [3.8, 4) is 0 Å². The van der Waals surface area contributed by atoms with Crippen LogP contribution >= 0.6 is 23.2 Å². The average Bonchev–Trinajstić information content (AvgIpc) is 2.65. The lowest BCUT2D eigenvalue weighted by Crippen LogP contribution is -2.30. The van der Waals surface area contributed by atoms with Gasteiger partial charge >= 0.3 is 0 Å². The molecule has 2 aromatic rings. The monoisotopic (exact) mass is 378 g/mol. The van der Waals surface area contributed by atoms with Crippen molar-refractivity contribution in [2.75, 3.05) is 18.0 Å². The van der Waals surface area contributed by atoms with Gasteiger partial charge in [0.2, 0.25) is 0 Å². The van der Waals surface area contributed by atoms with E-state index in [4.69, 9.17) is 33.8 Å². The maximum atomic E-state index is 5.97. The maximum absolute atomic E-state index is 5.97. The summed E-state index contributed by atoms with van der Waals surface area (Å²) in [6.45, 7) is 2.38. The first-order chi connectivity index (χ1) is 12.1. The number of amidine groups is 1. The van der Waals surface area contributed by atoms with Crippen LogP contribution in [0.15, 0.2) is 41.7 Å². The molecule has 0 saturated carbocycles. The second-order valence-corrected chi connectivity index (χ2v) is 6.77. The summed E-state index contributed by atoms with van der Waals surface area (Å²) in [4.78, 5) is 12.1. The van der Waals surface area contributed by atoms with Crippen LogP contribution in [0.3, 0.4) is 0 Å². The second-order valence-electron chi connectivity index (χ2n) is 5.95. The Balaban J connectivity index is 1.58. The zero-order valence-corrected chi connectivity index (χ0v) is 15.3. The molecule has 0 spiro atoms. The van der Waals surface area contributed by atoms with Crippen LogP contribution in [0.2, 0.25) is 10.0 Å². The van der Waals surface area contributed by atoms with Crippen LogP contribution in [0.25, 0.3) is 0 Å². The van der Waals surface area contributed by atoms with Crippen molar-refractivity contribution in [1.82, 2.24) is 4.98 Å². The highest BCUT2D eigenvalue weighted by Crippen LogP contribution is 2.23. The van der Waals surface area contributed by atoms with Crippen molar-refractivity contribution in [3.63, 3.8) is 0 Å². The number of nitrogens with two attached hydrogens (primary N) is 1. The summed E-state index contributed by atoms with van der Waals surface area (Å²) in [5.74, 6) is 1.27. The van der Waals surface area contributed by atoms with E-state index in [1.165, 1.54) is 19.3 Å². The van der Waals surface area contributed by atoms with Crippen LogP contribution in [0.5, 0.6) is 0 Å². The molecule has 3 rings (SSSR count). The lowest BCUT2D eigenvalue weighted by Gasteiger charge is -2.27. The number of aromatic nitrogens is 1. The minimum atomic E-state index is 0.261. The molecule has 2 heterocycles. The lowest BCUT2D eigenvalue weighted by molar-refractivity contribution is 0.130. The molecule has 1 aliphatic heterocycles. The van der Waals surface area contributed by atoms with Crippen molar-refractivity contribution in [2.24, 2.45) is 10.9 Å². The molecule has 25 heavy (non-hydrogen) atoms. The predicted octanol–water partition coefficient (Wildman–Crippen LogP) is 4.22. The van der Waals surface area contributed by atoms with Gasteiger partial charge in [-0.05, 0) is 49.1 Å². The summed E-state index contributed by atoms with van der Waals surface area (Å²) in [6.07, 6.45) is 5.46. The highest BCUT2D eigenvalue weighted by Gasteiger charge is 2.12. The third-order valence-corrected chi connectivity index (χ3v) is 4.84. The number of rotatable bonds is 5. The first-order valence-electron chi connectivity index (χ1n) is 8.24. The van der Waals surface area contributed by atoms with E-state index < -0.39 is 0 Å². The molecule has 1 saturated heterocycles. The molecule has 0 amide bonds. The number of hydrogen-bond acceptors (Lipinski definition) is 4. The smallest absolute Gasteiger partial charge is 0.171 e. The highest BCUT2D eigenvalue weighted by atomic mass is 35.5. The topological polar surface area (TPSA) is 63.7 Å². The summed E-state index contributed by atoms with van der Waals surface area (Å²) >= 11 is 11.9. The van der Waals surface area contributed by atoms with E-state index in [1.807, 2.05) is 18.2 Å². The van der Waals surface area contributed by atoms with Crippen molar-refractivity contribution in [2.45, 2.75) is 25.9 Å². The Kier molecular flexibility index (Phi) is 6.00. The second kappa shape index (κ2) is 8.41. The summed E-state index contributed by atoms with van der Waals surface area (Å²) in [5.41, 5.74) is 7.56. The Morgan fingerprint density at radius 2 is 1.92 bits per heavy atom. The molecular weight excluding hydrogens is 359 g/mol. The normalized spacial score (nSPS) is 15.3. The number of benzene rings is 1. The van der Waals surface area contributed by atoms with Gasteiger partial charge in [-0.3, -0.25) is 0 Å². The van der Waals surface area contributed by atoms with Crippen LogP contribution in [-0.2, 0) is 11.4 Å². The minimum absolute atomic E-state index is 0.261. The summed E-state index contributed by atoms with van der Waals surface area (Å²) in [5, 5.41) is 4.94. The Labute approximate surface area is 157 Å². The first-order valence-corrected chi connectivity index (χ1v) is 9.00. The molecule has 0 bridgehead atoms. The van der Waals surface area contributed by atoms with Gasteiger partial charge in [0.15, 0.2) is 5.84 Å². The molecule has 7 heteroatoms. The van der Waals surface area contributed by atoms with Crippen LogP contribution in [-0.4, -0.2) is 23.9 Å². The first kappa shape index (κ1) is 17.8. The van der Waals surface area contributed by atoms with Crippen LogP contribution in [0.1, 0.15) is 30.4 Å². The quantitative estimate of drug-likeness (QED) is 0.480. The van der Waals surface area contributed by atoms with Gasteiger partial charge in [0.1, 0.15) is 12.4 Å². The zero-order valence-electron chi connectivity index (χ0n) is 13.8. The number of oxime groups is 1. The van der Waals surface area contributed by atoms with E-state index in [0.717, 1.165) is 30.0 Å². The fourth-order valence-corrected chi connectivity index (χ4v) is 3.03. The van der Waals surface area contributed by atoms with Crippen molar-refractivity contribution >= 4 is 34.9 Å². The number of nitrogens with zero attached hydrogens (tertiary/aromatic N) is 3. The van der Waals surface area contributed by atoms with Gasteiger partial charge in [0.05, 0.1) is 10.0 Å². The lowest BCUT2D eigenvalue weighted by atomic mass is 10.1. The molecule has 132 valence electrons. The van der Waals surface area contributed by atoms with Crippen molar-refractivity contribution in [1.29, 1.82) is 0 Å². The predicted molar refractivity (Wildman–Crippen MR) is 102 cm³/mol. The molecule has 0 unspecified atom stereocenters. The minimum Gasteiger partial charge on any atom is -0.389 e. The van der Waals surface area contributed by atoms with Gasteiger partial charge in [-0.2, -0.15) is 0 Å². The Bertz CT molecular complexity index is 743. The number of hydrogen-bond donors (Lipinski definition) is 1. The molecule has 2 N–H and O–H groups in total. The van der Waals surface area contributed by atoms with E-state index in [-0.39, 0.29) is 12.4 Å². The number of anilines is 1. The zero-order chi connectivity index (χ0) is 17.6. The number of halogens is 2. The molecular formula is C18H20Cl2N4O. The fourth-order valence-electron chi connectivity index (χ4n) is 2.71. The van der Waals surface area contributed by atoms with E-state index >= 15 is 0 Å². The van der Waals surface area contributed by atoms with Crippen LogP contribution < -0.4 is 10.6 Å². The summed E-state index contributed by atoms with van der Waals surface area (Å²) in [6, 6.07) is 9.18. The Morgan fingerprint density at radius 1 is 1.12 bits per heavy atom. The Morgan fingerprint density at radius 3 is 2.60 bits per heavy atom. The van der Waals surface area contributed by atoms with Crippen molar-refractivity contribution < 1.29 is 4.84 Å². The third kappa shape index (κ3) is 4.77. The van der Waals surface area contributed by atoms with Gasteiger partial charge in [0.25, 0.3) is 0 Å². The van der Waals surface area contributed by atoms with E-state index in [0.29, 0.717) is 10.0 Å². The van der Waals surface area contributed by atoms with E-state index in [9.17, 15) is 0 Å². The summed E-state index contributed by atoms with van der Waals surface area (Å²) in [7, 11) is 0. The standard InChI is InChI=1S/C18H20Cl2N4O/c19-15-6-4-13(10-16(15)20)12-25-23-18(21)14-5-7-17(22-11-14)24-8-2-1-3-9-24/h4-7,10-11H,1-3,8-9,12H2,(H2,21,23). The number of pyridine rings is 1. The average molecular weight is 379 g/mol. The Hall–Kier alpha value is -1.98. The fraction of sp³-hybridized carbons (Fsp3) is 0.333. The van der Waals surface area contributed by atoms with Crippen LogP contribution in [0, 0.1) is 0 Å². The van der Waals surface area contributed by atoms with Gasteiger partial charge < -0.3 is 15.5 Å². The van der Waals surface area contributed by atoms with Gasteiger partial charge in [-0.15, -0.1) is 0 Å². The molecule has 1 fully saturated rings. The number of piperidine rings is 1. The van der Waals surface area contributed by atoms with Gasteiger partial charge in [-0.1, -0.05) is 34.4 Å². The van der Waals surface area contributed by atoms with E-state index in [1.54, 1.807) is 18.3 Å². The van der Waals surface area contributed by atoms with Crippen LogP contribution in [0.4, 0.5) is 5.82 Å². The van der Waals surface area contributed by atoms with Gasteiger partial charge in [-0.25, -0.2) is 4.98 Å². The molecule has 0 atom stereocenters. The van der Waals surface area contributed by atoms with Crippen molar-refractivity contribution in [3.05, 3.63) is 57.7 Å². The molecule has 1 aromatic heterocycles. The molecule has 5 nitrogen and oxygen atoms in total. The largest absolute Gasteiger partial charge is 0.389 e. The van der Waals surface area contributed by atoms with E-state index in [2.05, 4.69) is 15.0 Å². The molecule has 0 radical (unpaired) electrons. The van der Waals surface area contributed by atoms with Gasteiger partial charge in [0, 0.05) is 24.8 Å². The summed E-state index contributed by atoms with van der Waals surface area (Å²) < 4.78 is 0. The molecule has 0 aliphatic carbocycles.